The van der Waals surface area contributed by atoms with Gasteiger partial charge in [-0.25, -0.2) is 0 Å². The van der Waals surface area contributed by atoms with Crippen LogP contribution in [-0.4, -0.2) is 51.2 Å². The molecule has 3 fully saturated rings. The van der Waals surface area contributed by atoms with Gasteiger partial charge in [0.05, 0.1) is 11.5 Å². The number of carbonyl (C=O) groups is 3. The largest absolute Gasteiger partial charge is 0.430 e. The van der Waals surface area contributed by atoms with Crippen LogP contribution in [0.5, 0.6) is 0 Å². The minimum Gasteiger partial charge on any atom is -0.430 e. The first-order chi connectivity index (χ1) is 14.9. The Balaban J connectivity index is 1.81. The first-order valence-corrected chi connectivity index (χ1v) is 11.7. The molecule has 0 aromatic heterocycles. The van der Waals surface area contributed by atoms with Gasteiger partial charge in [-0.05, 0) is 62.0 Å². The van der Waals surface area contributed by atoms with E-state index in [1.807, 2.05) is 20.8 Å². The quantitative estimate of drug-likeness (QED) is 0.565. The van der Waals surface area contributed by atoms with E-state index >= 15 is 0 Å². The summed E-state index contributed by atoms with van der Waals surface area (Å²) in [4.78, 5) is 37.2. The van der Waals surface area contributed by atoms with Gasteiger partial charge < -0.3 is 20.1 Å². The lowest BCUT2D eigenvalue weighted by Crippen LogP contribution is -2.63. The van der Waals surface area contributed by atoms with E-state index in [1.165, 1.54) is 6.08 Å². The molecule has 4 rings (SSSR count). The molecule has 8 atom stereocenters. The van der Waals surface area contributed by atoms with Crippen molar-refractivity contribution in [3.63, 3.8) is 0 Å². The molecule has 0 aliphatic heterocycles. The second-order valence-corrected chi connectivity index (χ2v) is 10.6. The number of esters is 1. The van der Waals surface area contributed by atoms with Crippen LogP contribution in [0.4, 0.5) is 0 Å². The van der Waals surface area contributed by atoms with Crippen molar-refractivity contribution in [2.24, 2.45) is 34.5 Å². The Morgan fingerprint density at radius 1 is 1.25 bits per heavy atom. The van der Waals surface area contributed by atoms with Crippen molar-refractivity contribution in [3.05, 3.63) is 23.5 Å². The summed E-state index contributed by atoms with van der Waals surface area (Å²) in [6.45, 7) is 6.80. The lowest BCUT2D eigenvalue weighted by molar-refractivity contribution is -0.184. The van der Waals surface area contributed by atoms with E-state index in [9.17, 15) is 29.7 Å². The number of fused-ring (bicyclic) bond motifs is 5. The Morgan fingerprint density at radius 2 is 1.94 bits per heavy atom. The van der Waals surface area contributed by atoms with Crippen molar-refractivity contribution in [2.75, 3.05) is 6.61 Å². The van der Waals surface area contributed by atoms with Gasteiger partial charge in [-0.15, -0.1) is 0 Å². The first-order valence-electron chi connectivity index (χ1n) is 11.7. The summed E-state index contributed by atoms with van der Waals surface area (Å²) >= 11 is 0. The van der Waals surface area contributed by atoms with E-state index in [2.05, 4.69) is 0 Å². The van der Waals surface area contributed by atoms with Gasteiger partial charge in [-0.1, -0.05) is 20.8 Å². The van der Waals surface area contributed by atoms with Crippen LogP contribution in [0.1, 0.15) is 59.8 Å². The highest BCUT2D eigenvalue weighted by molar-refractivity contribution is 6.02. The number of aliphatic hydroxyl groups is 3. The predicted molar refractivity (Wildman–Crippen MR) is 115 cm³/mol. The minimum atomic E-state index is -1.67. The monoisotopic (exact) mass is 446 g/mol. The van der Waals surface area contributed by atoms with Crippen molar-refractivity contribution in [2.45, 2.75) is 71.5 Å². The fraction of sp³-hybridized carbons (Fsp3) is 0.720. The zero-order valence-corrected chi connectivity index (χ0v) is 19.3. The third kappa shape index (κ3) is 2.94. The van der Waals surface area contributed by atoms with Gasteiger partial charge in [0.2, 0.25) is 0 Å². The Hall–Kier alpha value is -1.83. The third-order valence-corrected chi connectivity index (χ3v) is 9.23. The van der Waals surface area contributed by atoms with E-state index in [4.69, 9.17) is 4.74 Å². The Kier molecular flexibility index (Phi) is 5.55. The van der Waals surface area contributed by atoms with Crippen molar-refractivity contribution in [1.82, 2.24) is 0 Å². The minimum absolute atomic E-state index is 0.00557. The highest BCUT2D eigenvalue weighted by Crippen LogP contribution is 2.68. The Labute approximate surface area is 188 Å². The predicted octanol–water partition coefficient (Wildman–Crippen LogP) is 2.08. The summed E-state index contributed by atoms with van der Waals surface area (Å²) in [5.41, 5.74) is -2.50. The van der Waals surface area contributed by atoms with Crippen molar-refractivity contribution in [3.8, 4) is 0 Å². The van der Waals surface area contributed by atoms with Gasteiger partial charge in [0.1, 0.15) is 18.0 Å². The average Bonchev–Trinajstić information content (AvgIpc) is 3.00. The van der Waals surface area contributed by atoms with Crippen LogP contribution in [0, 0.1) is 34.5 Å². The number of ketones is 2. The second kappa shape index (κ2) is 7.61. The van der Waals surface area contributed by atoms with Crippen LogP contribution < -0.4 is 0 Å². The van der Waals surface area contributed by atoms with E-state index in [1.54, 1.807) is 13.0 Å². The molecule has 3 saturated carbocycles. The van der Waals surface area contributed by atoms with Gasteiger partial charge in [-0.3, -0.25) is 14.4 Å². The maximum absolute atomic E-state index is 12.6. The zero-order chi connectivity index (χ0) is 23.6. The van der Waals surface area contributed by atoms with Crippen LogP contribution in [0.25, 0.3) is 0 Å². The van der Waals surface area contributed by atoms with E-state index in [0.717, 1.165) is 5.57 Å². The number of ether oxygens (including phenoxy) is 1. The first kappa shape index (κ1) is 23.3. The highest BCUT2D eigenvalue weighted by atomic mass is 16.5. The average molecular weight is 447 g/mol. The summed E-state index contributed by atoms with van der Waals surface area (Å²) < 4.78 is 5.67. The smallest absolute Gasteiger partial charge is 0.310 e. The number of hydrogen-bond donors (Lipinski definition) is 3. The van der Waals surface area contributed by atoms with E-state index in [-0.39, 0.29) is 54.5 Å². The summed E-state index contributed by atoms with van der Waals surface area (Å²) in [6, 6.07) is 0. The Bertz CT molecular complexity index is 919. The van der Waals surface area contributed by atoms with Crippen LogP contribution >= 0.6 is 0 Å². The van der Waals surface area contributed by atoms with Gasteiger partial charge in [0.25, 0.3) is 0 Å². The maximum Gasteiger partial charge on any atom is 0.310 e. The normalized spacial score (nSPS) is 45.2. The van der Waals surface area contributed by atoms with Gasteiger partial charge in [0, 0.05) is 23.8 Å². The number of allylic oxidation sites excluding steroid dienone is 3. The molecule has 7 heteroatoms. The molecule has 0 aromatic rings. The molecule has 0 radical (unpaired) electrons. The molecular formula is C25H34O7. The van der Waals surface area contributed by atoms with Crippen LogP contribution in [0.2, 0.25) is 0 Å². The number of hydrogen-bond acceptors (Lipinski definition) is 7. The number of aliphatic hydroxyl groups excluding tert-OH is 2. The summed E-state index contributed by atoms with van der Waals surface area (Å²) in [6.07, 6.45) is 4.04. The molecule has 4 aliphatic rings. The molecule has 0 aromatic carbocycles. The number of carbonyl (C=O) groups excluding carboxylic acids is 3. The van der Waals surface area contributed by atoms with Crippen LogP contribution in [0.15, 0.2) is 23.5 Å². The summed E-state index contributed by atoms with van der Waals surface area (Å²) in [7, 11) is 0. The fourth-order valence-electron chi connectivity index (χ4n) is 7.73. The maximum atomic E-state index is 12.6. The molecular weight excluding hydrogens is 412 g/mol. The summed E-state index contributed by atoms with van der Waals surface area (Å²) in [5, 5.41) is 32.4. The van der Waals surface area contributed by atoms with E-state index < -0.39 is 40.9 Å². The highest BCUT2D eigenvalue weighted by Gasteiger charge is 2.69. The molecule has 0 amide bonds. The molecule has 176 valence electrons. The standard InChI is InChI=1S/C25H34O7/c1-5-21(30)32-20-10-14(27)9-17-13(2)8-15-16-6-7-25(31,19(29)12-26)23(16,3)11-18(28)22(15)24(17,20)4/h9-10,13,15-16,18,22,26,28,31H,5-8,11-12H2,1-4H3/t13-,15-,16-,18?,22+,23-,24+,25+/m0/s1. The molecule has 32 heavy (non-hydrogen) atoms. The molecule has 0 spiro atoms. The molecule has 3 N–H and O–H groups in total. The molecule has 0 saturated heterocycles. The Morgan fingerprint density at radius 3 is 2.56 bits per heavy atom. The number of rotatable bonds is 4. The third-order valence-electron chi connectivity index (χ3n) is 9.23. The van der Waals surface area contributed by atoms with Gasteiger partial charge >= 0.3 is 5.97 Å². The lowest BCUT2D eigenvalue weighted by Gasteiger charge is -2.61. The fourth-order valence-corrected chi connectivity index (χ4v) is 7.73. The molecule has 0 heterocycles. The van der Waals surface area contributed by atoms with Gasteiger partial charge in [-0.2, -0.15) is 0 Å². The van der Waals surface area contributed by atoms with Crippen molar-refractivity contribution in [1.29, 1.82) is 0 Å². The van der Waals surface area contributed by atoms with Crippen molar-refractivity contribution >= 4 is 17.5 Å². The van der Waals surface area contributed by atoms with Crippen LogP contribution in [-0.2, 0) is 19.1 Å². The molecule has 4 aliphatic carbocycles. The molecule has 0 bridgehead atoms. The lowest BCUT2D eigenvalue weighted by atomic mass is 9.44. The summed E-state index contributed by atoms with van der Waals surface area (Å²) in [5.74, 6) is -1.36. The van der Waals surface area contributed by atoms with Gasteiger partial charge in [0.15, 0.2) is 11.6 Å². The second-order valence-electron chi connectivity index (χ2n) is 10.6. The number of Topliss-reactive ketones (excluding diaryl/α,β-unsaturated/α-hetero) is 1. The van der Waals surface area contributed by atoms with Crippen molar-refractivity contribution < 1.29 is 34.4 Å². The molecule has 1 unspecified atom stereocenters. The molecule has 7 nitrogen and oxygen atoms in total. The van der Waals surface area contributed by atoms with E-state index in [0.29, 0.717) is 12.8 Å². The van der Waals surface area contributed by atoms with Crippen LogP contribution in [0.3, 0.4) is 0 Å². The zero-order valence-electron chi connectivity index (χ0n) is 19.3. The topological polar surface area (TPSA) is 121 Å². The SMILES string of the molecule is CCC(=O)OC1=CC(=O)C=C2[C@@H](C)C[C@@H]3[C@H](C(O)C[C@@]4(C)[C@H]3CC[C@@]4(O)C(=O)CO)[C@@]12C.